The van der Waals surface area contributed by atoms with E-state index in [2.05, 4.69) is 5.32 Å². The number of rotatable bonds is 8. The van der Waals surface area contributed by atoms with Crippen molar-refractivity contribution in [3.63, 3.8) is 0 Å². The lowest BCUT2D eigenvalue weighted by molar-refractivity contribution is -0.908. The summed E-state index contributed by atoms with van der Waals surface area (Å²) in [7, 11) is 4.89. The Balaban J connectivity index is 1.90. The maximum absolute atomic E-state index is 13.9. The van der Waals surface area contributed by atoms with Gasteiger partial charge in [0.15, 0.2) is 17.6 Å². The van der Waals surface area contributed by atoms with Crippen LogP contribution in [-0.2, 0) is 16.1 Å². The summed E-state index contributed by atoms with van der Waals surface area (Å²) in [4.78, 5) is 27.2. The topological polar surface area (TPSA) is 63.1 Å². The van der Waals surface area contributed by atoms with Crippen LogP contribution in [0.25, 0.3) is 0 Å². The van der Waals surface area contributed by atoms with Gasteiger partial charge >= 0.3 is 0 Å². The van der Waals surface area contributed by atoms with E-state index >= 15 is 0 Å². The van der Waals surface area contributed by atoms with E-state index in [4.69, 9.17) is 4.74 Å². The van der Waals surface area contributed by atoms with Crippen molar-refractivity contribution in [3.8, 4) is 5.75 Å². The third kappa shape index (κ3) is 6.29. The van der Waals surface area contributed by atoms with Crippen LogP contribution in [0.15, 0.2) is 42.5 Å². The first-order chi connectivity index (χ1) is 13.7. The van der Waals surface area contributed by atoms with Gasteiger partial charge in [-0.3, -0.25) is 9.59 Å². The van der Waals surface area contributed by atoms with Gasteiger partial charge in [0.25, 0.3) is 5.91 Å². The molecule has 2 rings (SSSR count). The second-order valence-electron chi connectivity index (χ2n) is 7.32. The van der Waals surface area contributed by atoms with Crippen molar-refractivity contribution in [2.75, 3.05) is 33.1 Å². The van der Waals surface area contributed by atoms with Gasteiger partial charge in [-0.05, 0) is 44.2 Å². The first-order valence-electron chi connectivity index (χ1n) is 9.47. The van der Waals surface area contributed by atoms with Crippen LogP contribution in [0.4, 0.5) is 10.1 Å². The molecule has 2 atom stereocenters. The zero-order valence-electron chi connectivity index (χ0n) is 17.6. The maximum atomic E-state index is 13.9. The molecule has 6 nitrogen and oxygen atoms in total. The van der Waals surface area contributed by atoms with Crippen molar-refractivity contribution in [3.05, 3.63) is 59.4 Å². The second-order valence-corrected chi connectivity index (χ2v) is 7.32. The smallest absolute Gasteiger partial charge is 0.280 e. The summed E-state index contributed by atoms with van der Waals surface area (Å²) in [6.45, 7) is 4.20. The molecule has 2 aromatic rings. The summed E-state index contributed by atoms with van der Waals surface area (Å²) in [5.74, 6) is -0.654. The number of ether oxygens (including phenoxy) is 1. The quantitative estimate of drug-likeness (QED) is 0.706. The van der Waals surface area contributed by atoms with Crippen LogP contribution in [0.2, 0.25) is 0 Å². The van der Waals surface area contributed by atoms with Crippen LogP contribution in [0, 0.1) is 12.7 Å². The van der Waals surface area contributed by atoms with Gasteiger partial charge in [-0.1, -0.05) is 17.7 Å². The number of nitrogens with zero attached hydrogens (tertiary/aromatic N) is 1. The molecule has 0 heterocycles. The highest BCUT2D eigenvalue weighted by Gasteiger charge is 2.26. The molecule has 0 aromatic heterocycles. The average molecular weight is 402 g/mol. The van der Waals surface area contributed by atoms with Crippen LogP contribution in [0.1, 0.15) is 18.1 Å². The monoisotopic (exact) mass is 402 g/mol. The largest absolute Gasteiger partial charge is 0.494 e. The molecule has 0 saturated heterocycles. The highest BCUT2D eigenvalue weighted by atomic mass is 19.1. The summed E-state index contributed by atoms with van der Waals surface area (Å²) in [6, 6.07) is 11.8. The Bertz CT molecular complexity index is 855. The number of likely N-dealkylation sites (N-methyl/N-ethyl adjacent to an activating group) is 2. The summed E-state index contributed by atoms with van der Waals surface area (Å²) < 4.78 is 18.8. The standard InChI is InChI=1S/C22H28FN3O3/c1-15-6-9-18(10-7-15)24-21(27)14-26(4)22(28)16(2)25(3)13-17-8-11-20(29-5)19(23)12-17/h6-12,16H,13-14H2,1-5H3,(H,24,27)/p+1/t16-/m1/s1. The Hall–Kier alpha value is -2.93. The lowest BCUT2D eigenvalue weighted by Crippen LogP contribution is -3.12. The number of carbonyl (C=O) groups excluding carboxylic acids is 2. The van der Waals surface area contributed by atoms with E-state index in [1.54, 1.807) is 26.1 Å². The highest BCUT2D eigenvalue weighted by molar-refractivity contribution is 5.94. The molecule has 2 aromatic carbocycles. The summed E-state index contributed by atoms with van der Waals surface area (Å²) >= 11 is 0. The van der Waals surface area contributed by atoms with Crippen LogP contribution >= 0.6 is 0 Å². The Morgan fingerprint density at radius 2 is 1.86 bits per heavy atom. The fourth-order valence-corrected chi connectivity index (χ4v) is 2.97. The van der Waals surface area contributed by atoms with E-state index in [0.29, 0.717) is 12.2 Å². The van der Waals surface area contributed by atoms with E-state index in [1.807, 2.05) is 38.2 Å². The third-order valence-electron chi connectivity index (χ3n) is 4.90. The minimum atomic E-state index is -0.429. The van der Waals surface area contributed by atoms with Gasteiger partial charge in [0.2, 0.25) is 5.91 Å². The number of halogens is 1. The van der Waals surface area contributed by atoms with Gasteiger partial charge in [-0.25, -0.2) is 4.39 Å². The number of methoxy groups -OCH3 is 1. The van der Waals surface area contributed by atoms with Gasteiger partial charge in [-0.2, -0.15) is 0 Å². The van der Waals surface area contributed by atoms with E-state index in [1.165, 1.54) is 18.1 Å². The van der Waals surface area contributed by atoms with Crippen molar-refractivity contribution in [2.45, 2.75) is 26.4 Å². The first-order valence-corrected chi connectivity index (χ1v) is 9.47. The van der Waals surface area contributed by atoms with E-state index in [0.717, 1.165) is 16.0 Å². The number of carbonyl (C=O) groups is 2. The fraction of sp³-hybridized carbons (Fsp3) is 0.364. The first kappa shape index (κ1) is 22.4. The molecule has 2 amide bonds. The van der Waals surface area contributed by atoms with Gasteiger partial charge in [-0.15, -0.1) is 0 Å². The van der Waals surface area contributed by atoms with E-state index < -0.39 is 11.9 Å². The fourth-order valence-electron chi connectivity index (χ4n) is 2.97. The predicted molar refractivity (Wildman–Crippen MR) is 110 cm³/mol. The number of hydrogen-bond acceptors (Lipinski definition) is 3. The van der Waals surface area contributed by atoms with Crippen molar-refractivity contribution < 1.29 is 23.6 Å². The molecule has 2 N–H and O–H groups in total. The molecule has 0 aliphatic carbocycles. The van der Waals surface area contributed by atoms with Crippen LogP contribution < -0.4 is 15.0 Å². The van der Waals surface area contributed by atoms with Gasteiger partial charge in [0, 0.05) is 18.3 Å². The Labute approximate surface area is 171 Å². The minimum absolute atomic E-state index is 0.0402. The van der Waals surface area contributed by atoms with Crippen molar-refractivity contribution in [1.82, 2.24) is 4.90 Å². The highest BCUT2D eigenvalue weighted by Crippen LogP contribution is 2.17. The van der Waals surface area contributed by atoms with Crippen molar-refractivity contribution >= 4 is 17.5 Å². The number of nitrogens with one attached hydrogen (secondary N) is 2. The number of anilines is 1. The van der Waals surface area contributed by atoms with Crippen LogP contribution in [0.5, 0.6) is 5.75 Å². The number of aryl methyl sites for hydroxylation is 1. The number of quaternary nitrogens is 1. The van der Waals surface area contributed by atoms with E-state index in [9.17, 15) is 14.0 Å². The molecule has 1 unspecified atom stereocenters. The van der Waals surface area contributed by atoms with Gasteiger partial charge < -0.3 is 19.9 Å². The molecule has 0 radical (unpaired) electrons. The number of amides is 2. The molecule has 29 heavy (non-hydrogen) atoms. The zero-order valence-corrected chi connectivity index (χ0v) is 17.6. The van der Waals surface area contributed by atoms with Gasteiger partial charge in [0.05, 0.1) is 20.7 Å². The number of benzene rings is 2. The molecule has 156 valence electrons. The number of hydrogen-bond donors (Lipinski definition) is 2. The third-order valence-corrected chi connectivity index (χ3v) is 4.90. The average Bonchev–Trinajstić information content (AvgIpc) is 2.68. The molecule has 0 fully saturated rings. The minimum Gasteiger partial charge on any atom is -0.494 e. The molecule has 0 bridgehead atoms. The molecule has 0 saturated carbocycles. The summed E-state index contributed by atoms with van der Waals surface area (Å²) in [5.41, 5.74) is 2.56. The molecular formula is C22H29FN3O3+. The molecule has 7 heteroatoms. The second kappa shape index (κ2) is 10.0. The van der Waals surface area contributed by atoms with Crippen LogP contribution in [0.3, 0.4) is 0 Å². The summed E-state index contributed by atoms with van der Waals surface area (Å²) in [6.07, 6.45) is 0. The van der Waals surface area contributed by atoms with E-state index in [-0.39, 0.29) is 24.1 Å². The van der Waals surface area contributed by atoms with Crippen molar-refractivity contribution in [1.29, 1.82) is 0 Å². The summed E-state index contributed by atoms with van der Waals surface area (Å²) in [5, 5.41) is 2.79. The molecule has 0 aliphatic rings. The molecule has 0 aliphatic heterocycles. The zero-order chi connectivity index (χ0) is 21.6. The predicted octanol–water partition coefficient (Wildman–Crippen LogP) is 1.64. The van der Waals surface area contributed by atoms with Gasteiger partial charge in [0.1, 0.15) is 6.54 Å². The lowest BCUT2D eigenvalue weighted by Gasteiger charge is -2.25. The normalized spacial score (nSPS) is 12.8. The molecular weight excluding hydrogens is 373 g/mol. The Kier molecular flexibility index (Phi) is 7.73. The van der Waals surface area contributed by atoms with Crippen LogP contribution in [-0.4, -0.2) is 50.5 Å². The Morgan fingerprint density at radius 3 is 2.45 bits per heavy atom. The maximum Gasteiger partial charge on any atom is 0.280 e. The SMILES string of the molecule is COc1ccc(C[NH+](C)[C@H](C)C(=O)N(C)CC(=O)Nc2ccc(C)cc2)cc1F. The Morgan fingerprint density at radius 1 is 1.21 bits per heavy atom. The molecule has 0 spiro atoms. The lowest BCUT2D eigenvalue weighted by atomic mass is 10.1. The van der Waals surface area contributed by atoms with Crippen molar-refractivity contribution in [2.24, 2.45) is 0 Å².